The maximum atomic E-state index is 13.5. The number of aliphatic hydroxyl groups is 2. The third-order valence-electron chi connectivity index (χ3n) is 10.4. The topological polar surface area (TPSA) is 119 Å². The number of unbranched alkanes of at least 4 members (excludes halogenated alkanes) is 1. The van der Waals surface area contributed by atoms with Gasteiger partial charge in [-0.15, -0.1) is 6.58 Å². The first-order chi connectivity index (χ1) is 18.9. The molecule has 0 aromatic heterocycles. The third-order valence-corrected chi connectivity index (χ3v) is 12.8. The van der Waals surface area contributed by atoms with Crippen LogP contribution in [0.15, 0.2) is 36.0 Å². The van der Waals surface area contributed by atoms with Crippen LogP contribution in [-0.2, 0) is 28.3 Å². The Balaban J connectivity index is 1.89. The van der Waals surface area contributed by atoms with E-state index < -0.39 is 72.1 Å². The van der Waals surface area contributed by atoms with Gasteiger partial charge in [0.1, 0.15) is 17.8 Å². The van der Waals surface area contributed by atoms with Crippen molar-refractivity contribution >= 4 is 26.0 Å². The second-order valence-electron chi connectivity index (χ2n) is 13.9. The number of esters is 2. The number of rotatable bonds is 10. The number of ether oxygens (including phenoxy) is 2. The molecule has 4 aliphatic carbocycles. The number of Topliss-reactive ketones (excluding diaryl/α,β-unsaturated/α-hetero) is 1. The predicted molar refractivity (Wildman–Crippen MR) is 157 cm³/mol. The monoisotopic (exact) mass is 588 g/mol. The van der Waals surface area contributed by atoms with Crippen molar-refractivity contribution in [1.82, 2.24) is 0 Å². The molecule has 8 nitrogen and oxygen atoms in total. The summed E-state index contributed by atoms with van der Waals surface area (Å²) in [5.74, 6) is -3.81. The Kier molecular flexibility index (Phi) is 8.22. The Morgan fingerprint density at radius 2 is 1.88 bits per heavy atom. The number of fused-ring (bicyclic) bond motifs is 5. The van der Waals surface area contributed by atoms with Gasteiger partial charge in [0, 0.05) is 42.4 Å². The van der Waals surface area contributed by atoms with E-state index in [4.69, 9.17) is 13.9 Å². The van der Waals surface area contributed by atoms with Gasteiger partial charge in [-0.25, -0.2) is 0 Å². The van der Waals surface area contributed by atoms with E-state index in [9.17, 15) is 24.6 Å². The highest BCUT2D eigenvalue weighted by Gasteiger charge is 2.87. The molecule has 0 aliphatic heterocycles. The third kappa shape index (κ3) is 4.81. The molecule has 0 radical (unpaired) electrons. The number of ketones is 1. The van der Waals surface area contributed by atoms with Gasteiger partial charge in [-0.3, -0.25) is 14.4 Å². The minimum absolute atomic E-state index is 0.0338. The van der Waals surface area contributed by atoms with Crippen LogP contribution in [-0.4, -0.2) is 65.8 Å². The van der Waals surface area contributed by atoms with Crippen LogP contribution in [0.4, 0.5) is 0 Å². The fraction of sp³-hybridized carbons (Fsp3) is 0.719. The van der Waals surface area contributed by atoms with Gasteiger partial charge in [0.05, 0.1) is 18.1 Å². The van der Waals surface area contributed by atoms with Crippen LogP contribution in [0.3, 0.4) is 0 Å². The highest BCUT2D eigenvalue weighted by molar-refractivity contribution is 6.71. The lowest BCUT2D eigenvalue weighted by atomic mass is 9.59. The van der Waals surface area contributed by atoms with Crippen molar-refractivity contribution in [1.29, 1.82) is 0 Å². The SMILES string of the molecule is C=CCC(=O)OCC1=CC2[C@@H]3C(C)(C)[C@]3(OC(C)=O)[C@H](O[Si](C)(C)CCCC)[C@@H](C)[C@]2(O)[C@@H]2C=C(C)C(=O)[C@@]2(O)C1. The molecule has 1 unspecified atom stereocenters. The molecular weight excluding hydrogens is 540 g/mol. The van der Waals surface area contributed by atoms with Gasteiger partial charge < -0.3 is 24.1 Å². The quantitative estimate of drug-likeness (QED) is 0.215. The summed E-state index contributed by atoms with van der Waals surface area (Å²) in [6.45, 7) is 18.9. The van der Waals surface area contributed by atoms with Crippen molar-refractivity contribution in [3.63, 3.8) is 0 Å². The maximum Gasteiger partial charge on any atom is 0.309 e. The predicted octanol–water partition coefficient (Wildman–Crippen LogP) is 4.66. The summed E-state index contributed by atoms with van der Waals surface area (Å²) in [6, 6.07) is 0.917. The van der Waals surface area contributed by atoms with Crippen LogP contribution in [0.25, 0.3) is 0 Å². The Morgan fingerprint density at radius 3 is 2.46 bits per heavy atom. The smallest absolute Gasteiger partial charge is 0.309 e. The molecule has 4 rings (SSSR count). The van der Waals surface area contributed by atoms with Gasteiger partial charge in [0.15, 0.2) is 14.1 Å². The maximum absolute atomic E-state index is 13.5. The molecule has 2 N–H and O–H groups in total. The Labute approximate surface area is 245 Å². The van der Waals surface area contributed by atoms with Crippen LogP contribution in [0.2, 0.25) is 19.1 Å². The van der Waals surface area contributed by atoms with E-state index in [-0.39, 0.29) is 25.4 Å². The van der Waals surface area contributed by atoms with Gasteiger partial charge in [0.25, 0.3) is 0 Å². The lowest BCUT2D eigenvalue weighted by Crippen LogP contribution is -2.67. The molecule has 8 atom stereocenters. The molecule has 228 valence electrons. The van der Waals surface area contributed by atoms with Gasteiger partial charge in [-0.2, -0.15) is 0 Å². The average molecular weight is 589 g/mol. The minimum Gasteiger partial charge on any atom is -0.461 e. The standard InChI is InChI=1S/C32H48O8Si/c1-10-12-14-41(8,9)40-28-20(4)31(37)23(26-29(6,7)32(26,28)39-21(5)33)16-22(18-38-25(34)13-11-2)17-30(36)24(31)15-19(3)27(30)35/h11,15-16,20,23-24,26,28,36-37H,2,10,12-14,17-18H2,1,3-9H3/t20-,23?,24-,26-,28-,30-,31-,32-/m1/s1. The summed E-state index contributed by atoms with van der Waals surface area (Å²) in [6.07, 6.45) is 6.39. The molecule has 9 heteroatoms. The summed E-state index contributed by atoms with van der Waals surface area (Å²) >= 11 is 0. The van der Waals surface area contributed by atoms with Crippen LogP contribution in [0.5, 0.6) is 0 Å². The molecule has 2 saturated carbocycles. The van der Waals surface area contributed by atoms with Gasteiger partial charge in [-0.05, 0) is 37.2 Å². The van der Waals surface area contributed by atoms with Gasteiger partial charge >= 0.3 is 11.9 Å². The fourth-order valence-corrected chi connectivity index (χ4v) is 10.8. The first kappa shape index (κ1) is 31.9. The molecular formula is C32H48O8Si. The van der Waals surface area contributed by atoms with Crippen molar-refractivity contribution < 1.29 is 38.5 Å². The highest BCUT2D eigenvalue weighted by Crippen LogP contribution is 2.77. The second-order valence-corrected chi connectivity index (χ2v) is 18.2. The normalized spacial score (nSPS) is 38.9. The van der Waals surface area contributed by atoms with Gasteiger partial charge in [0.2, 0.25) is 0 Å². The van der Waals surface area contributed by atoms with E-state index in [0.29, 0.717) is 11.1 Å². The molecule has 0 aromatic rings. The van der Waals surface area contributed by atoms with E-state index in [2.05, 4.69) is 26.6 Å². The minimum atomic E-state index is -2.29. The molecule has 0 bridgehead atoms. The number of carbonyl (C=O) groups excluding carboxylic acids is 3. The Bertz CT molecular complexity index is 1190. The highest BCUT2D eigenvalue weighted by atomic mass is 28.4. The van der Waals surface area contributed by atoms with E-state index in [1.54, 1.807) is 13.0 Å². The van der Waals surface area contributed by atoms with E-state index in [0.717, 1.165) is 18.9 Å². The molecule has 0 heterocycles. The molecule has 0 spiro atoms. The van der Waals surface area contributed by atoms with Crippen LogP contribution < -0.4 is 0 Å². The van der Waals surface area contributed by atoms with Crippen LogP contribution >= 0.6 is 0 Å². The van der Waals surface area contributed by atoms with Crippen molar-refractivity contribution in [2.24, 2.45) is 29.1 Å². The summed E-state index contributed by atoms with van der Waals surface area (Å²) < 4.78 is 18.8. The molecule has 4 aliphatic rings. The molecule has 2 fully saturated rings. The fourth-order valence-electron chi connectivity index (χ4n) is 8.41. The molecule has 0 aromatic carbocycles. The molecule has 0 amide bonds. The zero-order chi connectivity index (χ0) is 30.8. The number of hydrogen-bond donors (Lipinski definition) is 2. The van der Waals surface area contributed by atoms with Crippen molar-refractivity contribution in [3.8, 4) is 0 Å². The average Bonchev–Trinajstić information content (AvgIpc) is 3.29. The summed E-state index contributed by atoms with van der Waals surface area (Å²) in [4.78, 5) is 38.4. The first-order valence-corrected chi connectivity index (χ1v) is 18.1. The summed E-state index contributed by atoms with van der Waals surface area (Å²) in [5.41, 5.74) is -4.14. The lowest BCUT2D eigenvalue weighted by molar-refractivity contribution is -0.215. The lowest BCUT2D eigenvalue weighted by Gasteiger charge is -2.54. The number of hydrogen-bond acceptors (Lipinski definition) is 8. The van der Waals surface area contributed by atoms with E-state index in [1.807, 2.05) is 26.8 Å². The number of carbonyl (C=O) groups is 3. The second kappa shape index (κ2) is 10.6. The zero-order valence-electron chi connectivity index (χ0n) is 25.9. The van der Waals surface area contributed by atoms with Crippen LogP contribution in [0, 0.1) is 29.1 Å². The van der Waals surface area contributed by atoms with E-state index >= 15 is 0 Å². The Morgan fingerprint density at radius 1 is 1.22 bits per heavy atom. The van der Waals surface area contributed by atoms with Crippen LogP contribution in [0.1, 0.15) is 67.2 Å². The molecule has 0 saturated heterocycles. The zero-order valence-corrected chi connectivity index (χ0v) is 26.9. The largest absolute Gasteiger partial charge is 0.461 e. The molecule has 41 heavy (non-hydrogen) atoms. The van der Waals surface area contributed by atoms with Crippen molar-refractivity contribution in [3.05, 3.63) is 36.0 Å². The summed E-state index contributed by atoms with van der Waals surface area (Å²) in [5, 5.41) is 25.1. The Hall–Kier alpha value is -2.07. The van der Waals surface area contributed by atoms with Gasteiger partial charge in [-0.1, -0.05) is 58.8 Å². The summed E-state index contributed by atoms with van der Waals surface area (Å²) in [7, 11) is -2.29. The van der Waals surface area contributed by atoms with E-state index in [1.165, 1.54) is 13.0 Å². The van der Waals surface area contributed by atoms with Crippen molar-refractivity contribution in [2.45, 2.75) is 109 Å². The van der Waals surface area contributed by atoms with Crippen molar-refractivity contribution in [2.75, 3.05) is 6.61 Å². The first-order valence-electron chi connectivity index (χ1n) is 15.0.